The lowest BCUT2D eigenvalue weighted by Gasteiger charge is -2.18. The fourth-order valence-electron chi connectivity index (χ4n) is 3.49. The number of para-hydroxylation sites is 1. The van der Waals surface area contributed by atoms with Crippen molar-refractivity contribution >= 4 is 28.5 Å². The number of H-pyrrole nitrogens is 1. The number of ether oxygens (including phenoxy) is 1. The van der Waals surface area contributed by atoms with Gasteiger partial charge in [0.25, 0.3) is 5.56 Å². The van der Waals surface area contributed by atoms with E-state index in [-0.39, 0.29) is 30.3 Å². The highest BCUT2D eigenvalue weighted by atomic mass is 19.1. The number of nitrogens with one attached hydrogen (secondary N) is 1. The summed E-state index contributed by atoms with van der Waals surface area (Å²) in [7, 11) is 0. The molecular formula is C22H20FN3O4. The molecular weight excluding hydrogens is 389 g/mol. The number of carbonyl (C=O) groups excluding carboxylic acids is 2. The van der Waals surface area contributed by atoms with Crippen LogP contribution in [0.5, 0.6) is 0 Å². The molecule has 1 fully saturated rings. The Kier molecular flexibility index (Phi) is 5.07. The van der Waals surface area contributed by atoms with Crippen LogP contribution in [0.4, 0.5) is 10.1 Å². The molecule has 3 aromatic rings. The minimum absolute atomic E-state index is 0.0251. The van der Waals surface area contributed by atoms with Gasteiger partial charge < -0.3 is 14.6 Å². The summed E-state index contributed by atoms with van der Waals surface area (Å²) in [6.45, 7) is 3.35. The number of benzene rings is 2. The summed E-state index contributed by atoms with van der Waals surface area (Å²) in [5, 5.41) is 0.446. The van der Waals surface area contributed by atoms with Crippen LogP contribution in [-0.4, -0.2) is 28.4 Å². The van der Waals surface area contributed by atoms with Crippen LogP contribution < -0.4 is 10.5 Å². The standard InChI is InChI=1S/C22H20FN3O4/c1-12-7-8-15(10-17(12)23)26-11-14(9-19(26)27)22(29)30-13(2)20-24-18-6-4-3-5-16(18)21(28)25-20/h3-8,10,13-14H,9,11H2,1-2H3,(H,24,25,28)/t13-,14+/m1/s1. The maximum atomic E-state index is 13.9. The Morgan fingerprint density at radius 1 is 1.27 bits per heavy atom. The molecule has 2 atom stereocenters. The van der Waals surface area contributed by atoms with E-state index in [9.17, 15) is 18.8 Å². The predicted molar refractivity (Wildman–Crippen MR) is 108 cm³/mol. The van der Waals surface area contributed by atoms with Crippen LogP contribution in [0.15, 0.2) is 47.3 Å². The van der Waals surface area contributed by atoms with Gasteiger partial charge in [-0.05, 0) is 43.7 Å². The highest BCUT2D eigenvalue weighted by molar-refractivity contribution is 5.99. The lowest BCUT2D eigenvalue weighted by molar-refractivity contribution is -0.153. The predicted octanol–water partition coefficient (Wildman–Crippen LogP) is 3.03. The molecule has 154 valence electrons. The molecule has 1 aromatic heterocycles. The van der Waals surface area contributed by atoms with Gasteiger partial charge in [-0.25, -0.2) is 9.37 Å². The average molecular weight is 409 g/mol. The normalized spacial score (nSPS) is 17.4. The number of fused-ring (bicyclic) bond motifs is 1. The van der Waals surface area contributed by atoms with Crippen molar-refractivity contribution in [3.05, 3.63) is 70.0 Å². The lowest BCUT2D eigenvalue weighted by Crippen LogP contribution is -2.27. The minimum atomic E-state index is -0.796. The Morgan fingerprint density at radius 2 is 2.03 bits per heavy atom. The number of aromatic amines is 1. The molecule has 0 radical (unpaired) electrons. The summed E-state index contributed by atoms with van der Waals surface area (Å²) in [5.41, 5.74) is 1.07. The number of hydrogen-bond donors (Lipinski definition) is 1. The van der Waals surface area contributed by atoms with Crippen molar-refractivity contribution < 1.29 is 18.7 Å². The summed E-state index contributed by atoms with van der Waals surface area (Å²) < 4.78 is 19.3. The first kappa shape index (κ1) is 19.8. The lowest BCUT2D eigenvalue weighted by atomic mass is 10.1. The van der Waals surface area contributed by atoms with E-state index in [1.165, 1.54) is 11.0 Å². The summed E-state index contributed by atoms with van der Waals surface area (Å²) >= 11 is 0. The number of hydrogen-bond acceptors (Lipinski definition) is 5. The minimum Gasteiger partial charge on any atom is -0.454 e. The second kappa shape index (κ2) is 7.70. The molecule has 1 saturated heterocycles. The van der Waals surface area contributed by atoms with Crippen molar-refractivity contribution in [2.75, 3.05) is 11.4 Å². The molecule has 8 heteroatoms. The Hall–Kier alpha value is -3.55. The number of amides is 1. The molecule has 2 heterocycles. The maximum Gasteiger partial charge on any atom is 0.311 e. The molecule has 1 aliphatic rings. The molecule has 2 aromatic carbocycles. The molecule has 0 bridgehead atoms. The fourth-order valence-corrected chi connectivity index (χ4v) is 3.49. The van der Waals surface area contributed by atoms with Crippen molar-refractivity contribution in [3.8, 4) is 0 Å². The number of nitrogens with zero attached hydrogens (tertiary/aromatic N) is 2. The van der Waals surface area contributed by atoms with Crippen LogP contribution in [0.25, 0.3) is 10.9 Å². The molecule has 1 amide bonds. The van der Waals surface area contributed by atoms with E-state index < -0.39 is 23.8 Å². The topological polar surface area (TPSA) is 92.4 Å². The summed E-state index contributed by atoms with van der Waals surface area (Å²) in [5.74, 6) is -1.71. The number of halogens is 1. The van der Waals surface area contributed by atoms with E-state index in [4.69, 9.17) is 4.74 Å². The molecule has 0 spiro atoms. The van der Waals surface area contributed by atoms with E-state index in [1.807, 2.05) is 0 Å². The first-order chi connectivity index (χ1) is 14.3. The van der Waals surface area contributed by atoms with Crippen molar-refractivity contribution in [2.45, 2.75) is 26.4 Å². The smallest absolute Gasteiger partial charge is 0.311 e. The fraction of sp³-hybridized carbons (Fsp3) is 0.273. The van der Waals surface area contributed by atoms with Gasteiger partial charge in [0.1, 0.15) is 5.82 Å². The third kappa shape index (κ3) is 3.68. The Balaban J connectivity index is 1.48. The number of carbonyl (C=O) groups is 2. The summed E-state index contributed by atoms with van der Waals surface area (Å²) in [4.78, 5) is 45.6. The zero-order valence-corrected chi connectivity index (χ0v) is 16.5. The van der Waals surface area contributed by atoms with Gasteiger partial charge in [-0.3, -0.25) is 14.4 Å². The van der Waals surface area contributed by atoms with Gasteiger partial charge in [-0.15, -0.1) is 0 Å². The van der Waals surface area contributed by atoms with Crippen LogP contribution in [0.1, 0.15) is 30.8 Å². The largest absolute Gasteiger partial charge is 0.454 e. The molecule has 0 unspecified atom stereocenters. The van der Waals surface area contributed by atoms with Gasteiger partial charge in [0.15, 0.2) is 11.9 Å². The third-order valence-corrected chi connectivity index (χ3v) is 5.23. The van der Waals surface area contributed by atoms with E-state index in [2.05, 4.69) is 9.97 Å². The first-order valence-corrected chi connectivity index (χ1v) is 9.59. The van der Waals surface area contributed by atoms with Gasteiger partial charge in [0.2, 0.25) is 5.91 Å². The van der Waals surface area contributed by atoms with Crippen LogP contribution in [0.2, 0.25) is 0 Å². The zero-order chi connectivity index (χ0) is 21.4. The molecule has 7 nitrogen and oxygen atoms in total. The number of anilines is 1. The Labute approximate surface area is 171 Å². The highest BCUT2D eigenvalue weighted by Gasteiger charge is 2.37. The first-order valence-electron chi connectivity index (χ1n) is 9.59. The Bertz CT molecular complexity index is 1210. The van der Waals surface area contributed by atoms with Crippen molar-refractivity contribution in [1.29, 1.82) is 0 Å². The second-order valence-electron chi connectivity index (χ2n) is 7.39. The van der Waals surface area contributed by atoms with E-state index in [0.717, 1.165) is 0 Å². The maximum absolute atomic E-state index is 13.9. The van der Waals surface area contributed by atoms with Crippen molar-refractivity contribution in [3.63, 3.8) is 0 Å². The second-order valence-corrected chi connectivity index (χ2v) is 7.39. The van der Waals surface area contributed by atoms with Crippen molar-refractivity contribution in [2.24, 2.45) is 5.92 Å². The number of rotatable bonds is 4. The van der Waals surface area contributed by atoms with Crippen LogP contribution in [0, 0.1) is 18.7 Å². The molecule has 4 rings (SSSR count). The van der Waals surface area contributed by atoms with Gasteiger partial charge in [-0.1, -0.05) is 18.2 Å². The SMILES string of the molecule is Cc1ccc(N2C[C@@H](C(=O)O[C@H](C)c3nc4ccccc4c(=O)[nH]3)CC2=O)cc1F. The summed E-state index contributed by atoms with van der Waals surface area (Å²) in [6, 6.07) is 11.4. The van der Waals surface area contributed by atoms with Gasteiger partial charge in [0.05, 0.1) is 16.8 Å². The third-order valence-electron chi connectivity index (χ3n) is 5.23. The summed E-state index contributed by atoms with van der Waals surface area (Å²) in [6.07, 6.45) is -0.821. The molecule has 0 aliphatic carbocycles. The molecule has 1 N–H and O–H groups in total. The van der Waals surface area contributed by atoms with E-state index in [1.54, 1.807) is 50.2 Å². The molecule has 0 saturated carbocycles. The van der Waals surface area contributed by atoms with Crippen LogP contribution >= 0.6 is 0 Å². The number of aryl methyl sites for hydroxylation is 1. The van der Waals surface area contributed by atoms with Crippen LogP contribution in [-0.2, 0) is 14.3 Å². The number of esters is 1. The van der Waals surface area contributed by atoms with Gasteiger partial charge in [0, 0.05) is 18.7 Å². The molecule has 30 heavy (non-hydrogen) atoms. The molecule has 1 aliphatic heterocycles. The van der Waals surface area contributed by atoms with Gasteiger partial charge >= 0.3 is 5.97 Å². The van der Waals surface area contributed by atoms with Crippen LogP contribution in [0.3, 0.4) is 0 Å². The quantitative estimate of drug-likeness (QED) is 0.669. The number of aromatic nitrogens is 2. The van der Waals surface area contributed by atoms with Gasteiger partial charge in [-0.2, -0.15) is 0 Å². The monoisotopic (exact) mass is 409 g/mol. The van der Waals surface area contributed by atoms with Crippen molar-refractivity contribution in [1.82, 2.24) is 9.97 Å². The zero-order valence-electron chi connectivity index (χ0n) is 16.5. The highest BCUT2D eigenvalue weighted by Crippen LogP contribution is 2.28. The Morgan fingerprint density at radius 3 is 2.80 bits per heavy atom. The average Bonchev–Trinajstić information content (AvgIpc) is 3.12. The van der Waals surface area contributed by atoms with E-state index >= 15 is 0 Å². The van der Waals surface area contributed by atoms with E-state index in [0.29, 0.717) is 22.2 Å².